The number of rotatable bonds is 6. The van der Waals surface area contributed by atoms with E-state index < -0.39 is 29.7 Å². The monoisotopic (exact) mass is 778 g/mol. The highest BCUT2D eigenvalue weighted by Crippen LogP contribution is 2.47. The fourth-order valence-electron chi connectivity index (χ4n) is 9.86. The van der Waals surface area contributed by atoms with E-state index in [2.05, 4.69) is 47.7 Å². The van der Waals surface area contributed by atoms with Crippen molar-refractivity contribution < 1.29 is 23.6 Å². The van der Waals surface area contributed by atoms with Crippen LogP contribution >= 0.6 is 11.6 Å². The molecule has 1 spiro atoms. The van der Waals surface area contributed by atoms with Crippen LogP contribution in [0.1, 0.15) is 59.7 Å². The zero-order chi connectivity index (χ0) is 38.9. The minimum absolute atomic E-state index is 0.0857. The number of nitrogens with one attached hydrogen (secondary N) is 1. The van der Waals surface area contributed by atoms with Crippen LogP contribution in [0.2, 0.25) is 5.02 Å². The standard InChI is InChI=1S/C42H44ClFN8O4/c1-26-22-42(25-51(26)29-4-7-35(45-2)33(43)20-29)11-13-49(14-12-42)36-8-5-28(21-34(36)44)47-15-17-48(18-16-47)30-23-50(24-30)27-3-6-31-32(19-27)41(56)52(40(31)55)37-9-10-38(53)46-39(37)54/h3-8,19-21,26,30,37H,9-18,22-25H2,1H3,(H,46,53,54)/t26-,37?/m0/s1. The van der Waals surface area contributed by atoms with Gasteiger partial charge in [-0.2, -0.15) is 0 Å². The second-order valence-corrected chi connectivity index (χ2v) is 16.7. The van der Waals surface area contributed by atoms with E-state index in [1.165, 1.54) is 0 Å². The quantitative estimate of drug-likeness (QED) is 0.263. The maximum Gasteiger partial charge on any atom is 0.262 e. The lowest BCUT2D eigenvalue weighted by Gasteiger charge is -2.49. The topological polar surface area (TPSA) is 104 Å². The predicted octanol–water partition coefficient (Wildman–Crippen LogP) is 5.33. The van der Waals surface area contributed by atoms with Crippen LogP contribution in [0.4, 0.5) is 32.8 Å². The number of piperidine rings is 2. The summed E-state index contributed by atoms with van der Waals surface area (Å²) in [5.74, 6) is -2.19. The van der Waals surface area contributed by atoms with E-state index in [4.69, 9.17) is 18.2 Å². The first-order chi connectivity index (χ1) is 27.0. The maximum absolute atomic E-state index is 15.8. The van der Waals surface area contributed by atoms with Crippen LogP contribution in [0.15, 0.2) is 54.6 Å². The Bertz CT molecular complexity index is 2170. The van der Waals surface area contributed by atoms with Crippen LogP contribution in [0, 0.1) is 17.8 Å². The number of imide groups is 2. The van der Waals surface area contributed by atoms with E-state index in [-0.39, 0.29) is 29.6 Å². The van der Waals surface area contributed by atoms with E-state index in [0.717, 1.165) is 100 Å². The van der Waals surface area contributed by atoms with Crippen molar-refractivity contribution in [2.24, 2.45) is 5.41 Å². The van der Waals surface area contributed by atoms with Gasteiger partial charge < -0.3 is 19.6 Å². The first-order valence-electron chi connectivity index (χ1n) is 19.6. The van der Waals surface area contributed by atoms with Gasteiger partial charge in [0.2, 0.25) is 17.5 Å². The lowest BCUT2D eigenvalue weighted by Crippen LogP contribution is -2.63. The van der Waals surface area contributed by atoms with Crippen molar-refractivity contribution >= 4 is 63.7 Å². The van der Waals surface area contributed by atoms with Crippen molar-refractivity contribution in [3.05, 3.63) is 88.0 Å². The Morgan fingerprint density at radius 2 is 1.52 bits per heavy atom. The van der Waals surface area contributed by atoms with Gasteiger partial charge in [-0.25, -0.2) is 9.24 Å². The van der Waals surface area contributed by atoms with Crippen molar-refractivity contribution in [1.29, 1.82) is 0 Å². The molecule has 0 aromatic heterocycles. The van der Waals surface area contributed by atoms with Gasteiger partial charge in [-0.15, -0.1) is 0 Å². The number of nitrogens with zero attached hydrogens (tertiary/aromatic N) is 7. The molecule has 9 rings (SSSR count). The molecule has 6 aliphatic heterocycles. The summed E-state index contributed by atoms with van der Waals surface area (Å²) in [5, 5.41) is 2.73. The number of piperazine rings is 1. The third-order valence-corrected chi connectivity index (χ3v) is 13.4. The average molecular weight is 779 g/mol. The average Bonchev–Trinajstić information content (AvgIpc) is 3.62. The van der Waals surface area contributed by atoms with Gasteiger partial charge in [-0.1, -0.05) is 17.7 Å². The molecule has 1 unspecified atom stereocenters. The summed E-state index contributed by atoms with van der Waals surface area (Å²) in [6.07, 6.45) is 3.29. The van der Waals surface area contributed by atoms with Crippen molar-refractivity contribution in [2.75, 3.05) is 78.5 Å². The number of hydrogen-bond donors (Lipinski definition) is 1. The van der Waals surface area contributed by atoms with Gasteiger partial charge in [0.1, 0.15) is 11.9 Å². The van der Waals surface area contributed by atoms with Crippen LogP contribution in [0.3, 0.4) is 0 Å². The maximum atomic E-state index is 15.8. The van der Waals surface area contributed by atoms with Crippen molar-refractivity contribution in [3.8, 4) is 0 Å². The van der Waals surface area contributed by atoms with Crippen LogP contribution in [0.25, 0.3) is 4.85 Å². The normalized spacial score (nSPS) is 24.1. The summed E-state index contributed by atoms with van der Waals surface area (Å²) in [6.45, 7) is 17.0. The number of hydrogen-bond acceptors (Lipinski definition) is 9. The number of carbonyl (C=O) groups is 4. The second-order valence-electron chi connectivity index (χ2n) is 16.3. The van der Waals surface area contributed by atoms with Gasteiger partial charge >= 0.3 is 0 Å². The number of carbonyl (C=O) groups excluding carboxylic acids is 4. The number of fused-ring (bicyclic) bond motifs is 1. The molecule has 290 valence electrons. The molecule has 0 saturated carbocycles. The molecule has 3 aromatic rings. The largest absolute Gasteiger partial charge is 0.369 e. The predicted molar refractivity (Wildman–Crippen MR) is 212 cm³/mol. The molecular weight excluding hydrogens is 735 g/mol. The molecule has 5 saturated heterocycles. The highest BCUT2D eigenvalue weighted by molar-refractivity contribution is 6.33. The molecule has 56 heavy (non-hydrogen) atoms. The molecule has 6 aliphatic rings. The van der Waals surface area contributed by atoms with E-state index >= 15 is 4.39 Å². The van der Waals surface area contributed by atoms with Gasteiger partial charge in [0.05, 0.1) is 23.4 Å². The molecule has 2 atom stereocenters. The zero-order valence-electron chi connectivity index (χ0n) is 31.3. The minimum atomic E-state index is -0.981. The Hall–Kier alpha value is -5.19. The summed E-state index contributed by atoms with van der Waals surface area (Å²) >= 11 is 6.37. The van der Waals surface area contributed by atoms with Gasteiger partial charge in [0.15, 0.2) is 0 Å². The van der Waals surface area contributed by atoms with Gasteiger partial charge in [-0.05, 0) is 86.6 Å². The molecule has 0 bridgehead atoms. The lowest BCUT2D eigenvalue weighted by molar-refractivity contribution is -0.136. The highest BCUT2D eigenvalue weighted by atomic mass is 35.5. The molecule has 12 nitrogen and oxygen atoms in total. The highest BCUT2D eigenvalue weighted by Gasteiger charge is 2.46. The zero-order valence-corrected chi connectivity index (χ0v) is 32.1. The van der Waals surface area contributed by atoms with Crippen molar-refractivity contribution in [2.45, 2.75) is 57.2 Å². The molecule has 0 radical (unpaired) electrons. The Balaban J connectivity index is 0.760. The minimum Gasteiger partial charge on any atom is -0.369 e. The SMILES string of the molecule is [C-]#[N+]c1ccc(N2CC3(CCN(c4ccc(N5CCN(C6CN(c7ccc8c(c7)C(=O)N(C7CCC(=O)NC7=O)C8=O)C6)CC5)cc4F)CC3)C[C@@H]2C)cc1Cl. The lowest BCUT2D eigenvalue weighted by atomic mass is 9.76. The summed E-state index contributed by atoms with van der Waals surface area (Å²) in [7, 11) is 0. The Morgan fingerprint density at radius 1 is 0.821 bits per heavy atom. The van der Waals surface area contributed by atoms with Crippen LogP contribution < -0.4 is 24.9 Å². The van der Waals surface area contributed by atoms with Gasteiger partial charge in [0.25, 0.3) is 11.8 Å². The Labute approximate surface area is 330 Å². The van der Waals surface area contributed by atoms with E-state index in [0.29, 0.717) is 34.0 Å². The fraction of sp³-hybridized carbons (Fsp3) is 0.452. The molecule has 0 aliphatic carbocycles. The van der Waals surface area contributed by atoms with Crippen LogP contribution in [-0.2, 0) is 9.59 Å². The fourth-order valence-corrected chi connectivity index (χ4v) is 10.1. The Morgan fingerprint density at radius 3 is 2.21 bits per heavy atom. The van der Waals surface area contributed by atoms with Crippen LogP contribution in [-0.4, -0.2) is 110 Å². The number of anilines is 4. The Kier molecular flexibility index (Phi) is 9.16. The number of amides is 4. The molecule has 3 aromatic carbocycles. The van der Waals surface area contributed by atoms with Crippen molar-refractivity contribution in [3.63, 3.8) is 0 Å². The van der Waals surface area contributed by atoms with E-state index in [1.54, 1.807) is 24.3 Å². The third kappa shape index (κ3) is 6.33. The summed E-state index contributed by atoms with van der Waals surface area (Å²) in [4.78, 5) is 66.4. The molecule has 4 amide bonds. The second kappa shape index (κ2) is 14.1. The molecule has 6 heterocycles. The first kappa shape index (κ1) is 36.4. The smallest absolute Gasteiger partial charge is 0.262 e. The number of benzene rings is 3. The summed E-state index contributed by atoms with van der Waals surface area (Å²) in [6, 6.07) is 16.4. The molecule has 1 N–H and O–H groups in total. The number of halogens is 2. The summed E-state index contributed by atoms with van der Waals surface area (Å²) < 4.78 is 15.8. The third-order valence-electron chi connectivity index (χ3n) is 13.1. The molecule has 14 heteroatoms. The van der Waals surface area contributed by atoms with Crippen molar-refractivity contribution in [1.82, 2.24) is 15.1 Å². The van der Waals surface area contributed by atoms with Gasteiger partial charge in [-0.3, -0.25) is 34.3 Å². The molecule has 5 fully saturated rings. The van der Waals surface area contributed by atoms with Crippen LogP contribution in [0.5, 0.6) is 0 Å². The molecular formula is C42H44ClFN8O4. The summed E-state index contributed by atoms with van der Waals surface area (Å²) in [5.41, 5.74) is 4.71. The van der Waals surface area contributed by atoms with E-state index in [1.807, 2.05) is 24.3 Å². The van der Waals surface area contributed by atoms with Gasteiger partial charge in [0, 0.05) is 99.5 Å². The first-order valence-corrected chi connectivity index (χ1v) is 20.0. The van der Waals surface area contributed by atoms with E-state index in [9.17, 15) is 19.2 Å².